The second-order valence-electron chi connectivity index (χ2n) is 2.02. The second kappa shape index (κ2) is 6.84. The minimum Gasteiger partial charge on any atom is -0.480 e. The molecule has 0 rings (SSSR count). The van der Waals surface area contributed by atoms with E-state index >= 15 is 0 Å². The highest BCUT2D eigenvalue weighted by Crippen LogP contribution is 1.70. The number of allylic oxidation sites excluding steroid dienone is 1. The van der Waals surface area contributed by atoms with Crippen molar-refractivity contribution in [2.24, 2.45) is 4.99 Å². The van der Waals surface area contributed by atoms with Crippen LogP contribution in [0, 0.1) is 0 Å². The van der Waals surface area contributed by atoms with Crippen molar-refractivity contribution in [3.63, 3.8) is 0 Å². The Morgan fingerprint density at radius 2 is 2.00 bits per heavy atom. The normalized spacial score (nSPS) is 10.8. The molecule has 13 heavy (non-hydrogen) atoms. The molecule has 6 heteroatoms. The van der Waals surface area contributed by atoms with E-state index in [1.54, 1.807) is 0 Å². The highest BCUT2D eigenvalue weighted by Gasteiger charge is 1.89. The van der Waals surface area contributed by atoms with E-state index in [0.717, 1.165) is 0 Å². The van der Waals surface area contributed by atoms with Gasteiger partial charge in [-0.1, -0.05) is 0 Å². The molecular formula is C7H10N2O4. The molecule has 0 saturated carbocycles. The third-order valence-electron chi connectivity index (χ3n) is 0.885. The lowest BCUT2D eigenvalue weighted by Crippen LogP contribution is -2.16. The third kappa shape index (κ3) is 10.2. The summed E-state index contributed by atoms with van der Waals surface area (Å²) in [6, 6.07) is 0. The molecule has 0 aliphatic rings. The zero-order valence-corrected chi connectivity index (χ0v) is 6.80. The maximum absolute atomic E-state index is 9.97. The molecule has 0 radical (unpaired) electrons. The monoisotopic (exact) mass is 186 g/mol. The van der Waals surface area contributed by atoms with Crippen LogP contribution >= 0.6 is 0 Å². The standard InChI is InChI=1S/C7H10N2O4/c10-6(11)4-8-2-1-3-9-5-7(12)13/h1-3,8H,4-5H2,(H,10,11)(H,12,13)/b2-1+,9-3+. The molecule has 0 spiro atoms. The molecule has 0 aromatic heterocycles. The predicted octanol–water partition coefficient (Wildman–Crippen LogP) is -0.670. The molecule has 0 unspecified atom stereocenters. The van der Waals surface area contributed by atoms with Crippen molar-refractivity contribution in [1.29, 1.82) is 0 Å². The summed E-state index contributed by atoms with van der Waals surface area (Å²) in [7, 11) is 0. The summed E-state index contributed by atoms with van der Waals surface area (Å²) in [5, 5.41) is 18.8. The van der Waals surface area contributed by atoms with Gasteiger partial charge in [-0.2, -0.15) is 0 Å². The quantitative estimate of drug-likeness (QED) is 0.478. The molecule has 6 nitrogen and oxygen atoms in total. The number of hydrogen-bond donors (Lipinski definition) is 3. The number of carboxylic acid groups (broad SMARTS) is 2. The van der Waals surface area contributed by atoms with E-state index in [1.807, 2.05) is 0 Å². The van der Waals surface area contributed by atoms with Crippen molar-refractivity contribution < 1.29 is 19.8 Å². The molecule has 0 bridgehead atoms. The molecule has 0 saturated heterocycles. The van der Waals surface area contributed by atoms with E-state index in [2.05, 4.69) is 10.3 Å². The smallest absolute Gasteiger partial charge is 0.325 e. The fourth-order valence-electron chi connectivity index (χ4n) is 0.449. The van der Waals surface area contributed by atoms with Crippen molar-refractivity contribution in [2.45, 2.75) is 0 Å². The van der Waals surface area contributed by atoms with E-state index in [-0.39, 0.29) is 13.1 Å². The molecule has 0 aromatic rings. The lowest BCUT2D eigenvalue weighted by Gasteiger charge is -1.90. The molecule has 0 heterocycles. The van der Waals surface area contributed by atoms with Crippen LogP contribution in [0.2, 0.25) is 0 Å². The number of carboxylic acids is 2. The van der Waals surface area contributed by atoms with E-state index < -0.39 is 11.9 Å². The first-order valence-electron chi connectivity index (χ1n) is 3.45. The topological polar surface area (TPSA) is 99.0 Å². The Kier molecular flexibility index (Phi) is 5.86. The van der Waals surface area contributed by atoms with Crippen LogP contribution in [0.15, 0.2) is 17.3 Å². The number of aliphatic carboxylic acids is 2. The molecule has 0 fully saturated rings. The van der Waals surface area contributed by atoms with E-state index in [0.29, 0.717) is 0 Å². The van der Waals surface area contributed by atoms with Crippen molar-refractivity contribution in [3.8, 4) is 0 Å². The van der Waals surface area contributed by atoms with Gasteiger partial charge in [0.1, 0.15) is 13.1 Å². The van der Waals surface area contributed by atoms with Crippen LogP contribution in [0.1, 0.15) is 0 Å². The van der Waals surface area contributed by atoms with Crippen LogP contribution in [0.25, 0.3) is 0 Å². The summed E-state index contributed by atoms with van der Waals surface area (Å²) < 4.78 is 0. The fourth-order valence-corrected chi connectivity index (χ4v) is 0.449. The van der Waals surface area contributed by atoms with Crippen molar-refractivity contribution in [3.05, 3.63) is 12.3 Å². The van der Waals surface area contributed by atoms with E-state index in [1.165, 1.54) is 18.5 Å². The number of aliphatic imine (C=N–C) groups is 1. The number of nitrogens with one attached hydrogen (secondary N) is 1. The van der Waals surface area contributed by atoms with Gasteiger partial charge in [0.15, 0.2) is 0 Å². The number of hydrogen-bond acceptors (Lipinski definition) is 4. The van der Waals surface area contributed by atoms with Crippen LogP contribution in [-0.4, -0.2) is 41.5 Å². The first-order valence-corrected chi connectivity index (χ1v) is 3.45. The fraction of sp³-hybridized carbons (Fsp3) is 0.286. The molecule has 0 aromatic carbocycles. The van der Waals surface area contributed by atoms with Gasteiger partial charge < -0.3 is 15.5 Å². The Balaban J connectivity index is 3.45. The van der Waals surface area contributed by atoms with Gasteiger partial charge in [0.05, 0.1) is 0 Å². The van der Waals surface area contributed by atoms with Gasteiger partial charge in [-0.25, -0.2) is 0 Å². The van der Waals surface area contributed by atoms with Gasteiger partial charge in [-0.3, -0.25) is 14.6 Å². The van der Waals surface area contributed by atoms with Crippen LogP contribution in [0.3, 0.4) is 0 Å². The Labute approximate surface area is 74.6 Å². The van der Waals surface area contributed by atoms with Gasteiger partial charge in [0.25, 0.3) is 0 Å². The van der Waals surface area contributed by atoms with Gasteiger partial charge in [0.2, 0.25) is 0 Å². The summed E-state index contributed by atoms with van der Waals surface area (Å²) in [4.78, 5) is 23.4. The second-order valence-corrected chi connectivity index (χ2v) is 2.02. The Morgan fingerprint density at radius 3 is 2.54 bits per heavy atom. The zero-order chi connectivity index (χ0) is 10.1. The summed E-state index contributed by atoms with van der Waals surface area (Å²) in [5.74, 6) is -1.98. The van der Waals surface area contributed by atoms with Crippen molar-refractivity contribution in [1.82, 2.24) is 5.32 Å². The molecule has 72 valence electrons. The molecule has 0 aliphatic heterocycles. The van der Waals surface area contributed by atoms with Gasteiger partial charge in [0, 0.05) is 6.21 Å². The van der Waals surface area contributed by atoms with Crippen molar-refractivity contribution in [2.75, 3.05) is 13.1 Å². The lowest BCUT2D eigenvalue weighted by molar-refractivity contribution is -0.136. The maximum Gasteiger partial charge on any atom is 0.325 e. The molecule has 0 atom stereocenters. The number of carbonyl (C=O) groups is 2. The SMILES string of the molecule is O=C(O)C/N=C/C=C/NCC(=O)O. The Hall–Kier alpha value is -1.85. The highest BCUT2D eigenvalue weighted by molar-refractivity contribution is 5.76. The molecule has 0 amide bonds. The lowest BCUT2D eigenvalue weighted by atomic mass is 10.6. The number of nitrogens with zero attached hydrogens (tertiary/aromatic N) is 1. The third-order valence-corrected chi connectivity index (χ3v) is 0.885. The average molecular weight is 186 g/mol. The van der Waals surface area contributed by atoms with Crippen molar-refractivity contribution >= 4 is 18.2 Å². The van der Waals surface area contributed by atoms with Crippen LogP contribution in [0.5, 0.6) is 0 Å². The maximum atomic E-state index is 9.97. The summed E-state index contributed by atoms with van der Waals surface area (Å²) in [5.41, 5.74) is 0. The zero-order valence-electron chi connectivity index (χ0n) is 6.80. The van der Waals surface area contributed by atoms with E-state index in [9.17, 15) is 9.59 Å². The molecule has 0 aliphatic carbocycles. The van der Waals surface area contributed by atoms with Gasteiger partial charge in [-0.05, 0) is 12.3 Å². The summed E-state index contributed by atoms with van der Waals surface area (Å²) in [6.45, 7) is -0.466. The average Bonchev–Trinajstić information content (AvgIpc) is 2.01. The summed E-state index contributed by atoms with van der Waals surface area (Å²) >= 11 is 0. The summed E-state index contributed by atoms with van der Waals surface area (Å²) in [6.07, 6.45) is 4.08. The molecular weight excluding hydrogens is 176 g/mol. The van der Waals surface area contributed by atoms with Gasteiger partial charge in [-0.15, -0.1) is 0 Å². The van der Waals surface area contributed by atoms with Crippen LogP contribution in [0.4, 0.5) is 0 Å². The first kappa shape index (κ1) is 11.2. The minimum absolute atomic E-state index is 0.177. The van der Waals surface area contributed by atoms with Crippen LogP contribution in [-0.2, 0) is 9.59 Å². The molecule has 3 N–H and O–H groups in total. The largest absolute Gasteiger partial charge is 0.480 e. The number of rotatable bonds is 6. The predicted molar refractivity (Wildman–Crippen MR) is 45.8 cm³/mol. The first-order chi connectivity index (χ1) is 6.13. The minimum atomic E-state index is -1.01. The van der Waals surface area contributed by atoms with Crippen LogP contribution < -0.4 is 5.32 Å². The highest BCUT2D eigenvalue weighted by atomic mass is 16.4. The van der Waals surface area contributed by atoms with Gasteiger partial charge >= 0.3 is 11.9 Å². The van der Waals surface area contributed by atoms with E-state index in [4.69, 9.17) is 10.2 Å². The Morgan fingerprint density at radius 1 is 1.31 bits per heavy atom. The Bertz CT molecular complexity index is 235.